The fraction of sp³-hybridized carbons (Fsp3) is 0.667. The predicted octanol–water partition coefficient (Wildman–Crippen LogP) is 0.667. The van der Waals surface area contributed by atoms with Crippen LogP contribution in [0.5, 0.6) is 0 Å². The molecule has 2 rings (SSSR count). The SMILES string of the molecule is Cn1cc(C(=O)NC2CCC(CN)CC2)cn1. The van der Waals surface area contributed by atoms with Crippen molar-refractivity contribution in [2.24, 2.45) is 18.7 Å². The van der Waals surface area contributed by atoms with Gasteiger partial charge in [-0.3, -0.25) is 9.48 Å². The summed E-state index contributed by atoms with van der Waals surface area (Å²) in [5.74, 6) is 0.621. The number of nitrogens with one attached hydrogen (secondary N) is 1. The quantitative estimate of drug-likeness (QED) is 0.810. The van der Waals surface area contributed by atoms with E-state index in [1.807, 2.05) is 7.05 Å². The molecule has 0 radical (unpaired) electrons. The van der Waals surface area contributed by atoms with Crippen molar-refractivity contribution in [3.8, 4) is 0 Å². The van der Waals surface area contributed by atoms with Gasteiger partial charge in [0.2, 0.25) is 0 Å². The largest absolute Gasteiger partial charge is 0.349 e. The molecule has 3 N–H and O–H groups in total. The maximum atomic E-state index is 11.9. The van der Waals surface area contributed by atoms with E-state index in [1.54, 1.807) is 17.1 Å². The van der Waals surface area contributed by atoms with E-state index in [2.05, 4.69) is 10.4 Å². The molecule has 1 amide bonds. The minimum absolute atomic E-state index is 0.0192. The Morgan fingerprint density at radius 3 is 2.76 bits per heavy atom. The third-order valence-electron chi connectivity index (χ3n) is 3.48. The smallest absolute Gasteiger partial charge is 0.254 e. The van der Waals surface area contributed by atoms with Gasteiger partial charge in [0.05, 0.1) is 11.8 Å². The molecule has 0 aliphatic heterocycles. The molecule has 1 aliphatic rings. The summed E-state index contributed by atoms with van der Waals surface area (Å²) in [5.41, 5.74) is 6.28. The van der Waals surface area contributed by atoms with Crippen LogP contribution < -0.4 is 11.1 Å². The maximum Gasteiger partial charge on any atom is 0.254 e. The third-order valence-corrected chi connectivity index (χ3v) is 3.48. The Bertz CT molecular complexity index is 380. The van der Waals surface area contributed by atoms with Gasteiger partial charge in [-0.05, 0) is 38.1 Å². The number of rotatable bonds is 3. The van der Waals surface area contributed by atoms with E-state index in [-0.39, 0.29) is 5.91 Å². The number of nitrogens with two attached hydrogens (primary N) is 1. The van der Waals surface area contributed by atoms with Gasteiger partial charge in [0.1, 0.15) is 0 Å². The Morgan fingerprint density at radius 1 is 1.53 bits per heavy atom. The normalized spacial score (nSPS) is 24.6. The summed E-state index contributed by atoms with van der Waals surface area (Å²) in [6.45, 7) is 0.767. The van der Waals surface area contributed by atoms with Crippen molar-refractivity contribution in [3.05, 3.63) is 18.0 Å². The van der Waals surface area contributed by atoms with Crippen LogP contribution in [-0.2, 0) is 7.05 Å². The molecule has 0 bridgehead atoms. The molecule has 0 aromatic carbocycles. The highest BCUT2D eigenvalue weighted by Gasteiger charge is 2.22. The average Bonchev–Trinajstić information content (AvgIpc) is 2.77. The summed E-state index contributed by atoms with van der Waals surface area (Å²) < 4.78 is 1.64. The van der Waals surface area contributed by atoms with Crippen LogP contribution in [0, 0.1) is 5.92 Å². The lowest BCUT2D eigenvalue weighted by molar-refractivity contribution is 0.0922. The summed E-state index contributed by atoms with van der Waals surface area (Å²) >= 11 is 0. The average molecular weight is 236 g/mol. The molecule has 5 heteroatoms. The third kappa shape index (κ3) is 3.06. The maximum absolute atomic E-state index is 11.9. The van der Waals surface area contributed by atoms with Gasteiger partial charge in [-0.15, -0.1) is 0 Å². The molecule has 1 aromatic rings. The lowest BCUT2D eigenvalue weighted by atomic mass is 9.86. The van der Waals surface area contributed by atoms with E-state index in [1.165, 1.54) is 0 Å². The molecule has 0 unspecified atom stereocenters. The Balaban J connectivity index is 1.84. The van der Waals surface area contributed by atoms with Crippen LogP contribution >= 0.6 is 0 Å². The monoisotopic (exact) mass is 236 g/mol. The Kier molecular flexibility index (Phi) is 3.78. The molecule has 5 nitrogen and oxygen atoms in total. The zero-order valence-electron chi connectivity index (χ0n) is 10.2. The molecular formula is C12H20N4O. The summed E-state index contributed by atoms with van der Waals surface area (Å²) in [6, 6.07) is 0.297. The van der Waals surface area contributed by atoms with Crippen molar-refractivity contribution in [1.29, 1.82) is 0 Å². The second kappa shape index (κ2) is 5.31. The number of carbonyl (C=O) groups excluding carboxylic acids is 1. The number of aromatic nitrogens is 2. The van der Waals surface area contributed by atoms with Gasteiger partial charge in [0.15, 0.2) is 0 Å². The number of hydrogen-bond acceptors (Lipinski definition) is 3. The van der Waals surface area contributed by atoms with Gasteiger partial charge in [-0.2, -0.15) is 5.10 Å². The number of hydrogen-bond donors (Lipinski definition) is 2. The topological polar surface area (TPSA) is 72.9 Å². The molecule has 17 heavy (non-hydrogen) atoms. The van der Waals surface area contributed by atoms with Crippen molar-refractivity contribution in [1.82, 2.24) is 15.1 Å². The van der Waals surface area contributed by atoms with Gasteiger partial charge in [0, 0.05) is 19.3 Å². The molecule has 94 valence electrons. The van der Waals surface area contributed by atoms with E-state index >= 15 is 0 Å². The highest BCUT2D eigenvalue weighted by Crippen LogP contribution is 2.23. The Labute approximate surface area is 101 Å². The van der Waals surface area contributed by atoms with Crippen LogP contribution in [0.4, 0.5) is 0 Å². The van der Waals surface area contributed by atoms with Gasteiger partial charge in [-0.25, -0.2) is 0 Å². The molecule has 0 saturated heterocycles. The van der Waals surface area contributed by atoms with E-state index in [0.717, 1.165) is 32.2 Å². The zero-order chi connectivity index (χ0) is 12.3. The number of amides is 1. The second-order valence-electron chi connectivity index (χ2n) is 4.83. The lowest BCUT2D eigenvalue weighted by Gasteiger charge is -2.28. The van der Waals surface area contributed by atoms with Crippen LogP contribution in [0.3, 0.4) is 0 Å². The van der Waals surface area contributed by atoms with Crippen molar-refractivity contribution < 1.29 is 4.79 Å². The van der Waals surface area contributed by atoms with E-state index in [0.29, 0.717) is 17.5 Å². The Hall–Kier alpha value is -1.36. The zero-order valence-corrected chi connectivity index (χ0v) is 10.2. The van der Waals surface area contributed by atoms with Crippen LogP contribution in [0.1, 0.15) is 36.0 Å². The number of aryl methyl sites for hydroxylation is 1. The molecule has 1 saturated carbocycles. The molecule has 1 fully saturated rings. The summed E-state index contributed by atoms with van der Waals surface area (Å²) in [4.78, 5) is 11.9. The van der Waals surface area contributed by atoms with Crippen molar-refractivity contribution in [3.63, 3.8) is 0 Å². The van der Waals surface area contributed by atoms with Crippen LogP contribution in [-0.4, -0.2) is 28.3 Å². The molecule has 1 aliphatic carbocycles. The van der Waals surface area contributed by atoms with Crippen molar-refractivity contribution in [2.45, 2.75) is 31.7 Å². The first-order valence-electron chi connectivity index (χ1n) is 6.18. The highest BCUT2D eigenvalue weighted by atomic mass is 16.1. The second-order valence-corrected chi connectivity index (χ2v) is 4.83. The van der Waals surface area contributed by atoms with Gasteiger partial charge in [0.25, 0.3) is 5.91 Å². The molecule has 1 heterocycles. The molecule has 0 spiro atoms. The van der Waals surface area contributed by atoms with E-state index in [9.17, 15) is 4.79 Å². The minimum atomic E-state index is -0.0192. The number of carbonyl (C=O) groups is 1. The fourth-order valence-electron chi connectivity index (χ4n) is 2.35. The van der Waals surface area contributed by atoms with Crippen LogP contribution in [0.25, 0.3) is 0 Å². The predicted molar refractivity (Wildman–Crippen MR) is 65.5 cm³/mol. The van der Waals surface area contributed by atoms with Gasteiger partial charge < -0.3 is 11.1 Å². The first-order chi connectivity index (χ1) is 8.19. The first-order valence-corrected chi connectivity index (χ1v) is 6.18. The van der Waals surface area contributed by atoms with E-state index in [4.69, 9.17) is 5.73 Å². The first kappa shape index (κ1) is 12.1. The van der Waals surface area contributed by atoms with Crippen LogP contribution in [0.15, 0.2) is 12.4 Å². The van der Waals surface area contributed by atoms with Crippen LogP contribution in [0.2, 0.25) is 0 Å². The van der Waals surface area contributed by atoms with Gasteiger partial charge in [-0.1, -0.05) is 0 Å². The van der Waals surface area contributed by atoms with Crippen molar-refractivity contribution >= 4 is 5.91 Å². The minimum Gasteiger partial charge on any atom is -0.349 e. The molecule has 0 atom stereocenters. The fourth-order valence-corrected chi connectivity index (χ4v) is 2.35. The standard InChI is InChI=1S/C12H20N4O/c1-16-8-10(7-14-16)12(17)15-11-4-2-9(6-13)3-5-11/h7-9,11H,2-6,13H2,1H3,(H,15,17). The summed E-state index contributed by atoms with van der Waals surface area (Å²) in [7, 11) is 1.81. The highest BCUT2D eigenvalue weighted by molar-refractivity contribution is 5.93. The molecular weight excluding hydrogens is 216 g/mol. The molecule has 1 aromatic heterocycles. The lowest BCUT2D eigenvalue weighted by Crippen LogP contribution is -2.38. The van der Waals surface area contributed by atoms with Crippen molar-refractivity contribution in [2.75, 3.05) is 6.54 Å². The van der Waals surface area contributed by atoms with Gasteiger partial charge >= 0.3 is 0 Å². The summed E-state index contributed by atoms with van der Waals surface area (Å²) in [5, 5.41) is 7.06. The Morgan fingerprint density at radius 2 is 2.24 bits per heavy atom. The number of nitrogens with zero attached hydrogens (tertiary/aromatic N) is 2. The van der Waals surface area contributed by atoms with E-state index < -0.39 is 0 Å². The summed E-state index contributed by atoms with van der Waals surface area (Å²) in [6.07, 6.45) is 7.65.